The van der Waals surface area contributed by atoms with E-state index in [0.717, 1.165) is 18.4 Å². The van der Waals surface area contributed by atoms with Gasteiger partial charge in [-0.3, -0.25) is 0 Å². The third kappa shape index (κ3) is 3.39. The predicted molar refractivity (Wildman–Crippen MR) is 78.7 cm³/mol. The van der Waals surface area contributed by atoms with Crippen LogP contribution in [0.15, 0.2) is 30.6 Å². The number of aromatic nitrogens is 2. The summed E-state index contributed by atoms with van der Waals surface area (Å²) < 4.78 is 11.4. The van der Waals surface area contributed by atoms with Crippen LogP contribution in [0.1, 0.15) is 25.8 Å². The van der Waals surface area contributed by atoms with Crippen LogP contribution in [-0.2, 0) is 6.42 Å². The molecule has 2 aromatic rings. The standard InChI is InChI=1S/C15H17ClN2O2/c1-3-7-11-14(16)17-10-18-15(11)20-13-9-6-5-8-12(13)19-4-2/h5-6,8-10H,3-4,7H2,1-2H3. The highest BCUT2D eigenvalue weighted by Gasteiger charge is 2.13. The second-order valence-electron chi connectivity index (χ2n) is 4.18. The molecule has 0 amide bonds. The smallest absolute Gasteiger partial charge is 0.227 e. The number of para-hydroxylation sites is 2. The number of rotatable bonds is 6. The number of nitrogens with zero attached hydrogens (tertiary/aromatic N) is 2. The summed E-state index contributed by atoms with van der Waals surface area (Å²) >= 11 is 6.11. The van der Waals surface area contributed by atoms with Gasteiger partial charge in [0, 0.05) is 0 Å². The minimum atomic E-state index is 0.436. The van der Waals surface area contributed by atoms with Crippen molar-refractivity contribution in [2.45, 2.75) is 26.7 Å². The topological polar surface area (TPSA) is 44.2 Å². The monoisotopic (exact) mass is 292 g/mol. The van der Waals surface area contributed by atoms with Gasteiger partial charge in [-0.15, -0.1) is 0 Å². The zero-order valence-electron chi connectivity index (χ0n) is 11.6. The van der Waals surface area contributed by atoms with E-state index in [4.69, 9.17) is 21.1 Å². The Morgan fingerprint density at radius 1 is 1.10 bits per heavy atom. The number of benzene rings is 1. The third-order valence-electron chi connectivity index (χ3n) is 2.71. The highest BCUT2D eigenvalue weighted by molar-refractivity contribution is 6.30. The van der Waals surface area contributed by atoms with Crippen LogP contribution in [0.25, 0.3) is 0 Å². The van der Waals surface area contributed by atoms with Gasteiger partial charge in [-0.1, -0.05) is 37.1 Å². The summed E-state index contributed by atoms with van der Waals surface area (Å²) in [5, 5.41) is 0.436. The highest BCUT2D eigenvalue weighted by atomic mass is 35.5. The first kappa shape index (κ1) is 14.6. The second-order valence-corrected chi connectivity index (χ2v) is 4.54. The second kappa shape index (κ2) is 7.10. The van der Waals surface area contributed by atoms with Crippen LogP contribution in [0, 0.1) is 0 Å². The van der Waals surface area contributed by atoms with E-state index in [1.165, 1.54) is 6.33 Å². The quantitative estimate of drug-likeness (QED) is 0.746. The number of ether oxygens (including phenoxy) is 2. The molecule has 1 aromatic heterocycles. The molecule has 5 heteroatoms. The molecule has 1 heterocycles. The van der Waals surface area contributed by atoms with E-state index in [1.807, 2.05) is 31.2 Å². The van der Waals surface area contributed by atoms with Crippen molar-refractivity contribution in [2.75, 3.05) is 6.61 Å². The molecule has 0 atom stereocenters. The van der Waals surface area contributed by atoms with E-state index >= 15 is 0 Å². The first-order valence-electron chi connectivity index (χ1n) is 6.65. The first-order chi connectivity index (χ1) is 9.76. The van der Waals surface area contributed by atoms with Gasteiger partial charge in [0.1, 0.15) is 11.5 Å². The minimum Gasteiger partial charge on any atom is -0.490 e. The van der Waals surface area contributed by atoms with Crippen LogP contribution in [0.4, 0.5) is 0 Å². The zero-order valence-corrected chi connectivity index (χ0v) is 12.4. The molecule has 0 saturated carbocycles. The summed E-state index contributed by atoms with van der Waals surface area (Å²) in [7, 11) is 0. The van der Waals surface area contributed by atoms with Crippen molar-refractivity contribution in [2.24, 2.45) is 0 Å². The molecular formula is C15H17ClN2O2. The van der Waals surface area contributed by atoms with Crippen LogP contribution in [-0.4, -0.2) is 16.6 Å². The van der Waals surface area contributed by atoms with Gasteiger partial charge in [0.05, 0.1) is 12.2 Å². The van der Waals surface area contributed by atoms with Crippen molar-refractivity contribution < 1.29 is 9.47 Å². The van der Waals surface area contributed by atoms with Crippen LogP contribution < -0.4 is 9.47 Å². The summed E-state index contributed by atoms with van der Waals surface area (Å²) in [4.78, 5) is 8.18. The fraction of sp³-hybridized carbons (Fsp3) is 0.333. The lowest BCUT2D eigenvalue weighted by Crippen LogP contribution is -2.00. The molecule has 0 fully saturated rings. The number of halogens is 1. The lowest BCUT2D eigenvalue weighted by Gasteiger charge is -2.13. The highest BCUT2D eigenvalue weighted by Crippen LogP contribution is 2.33. The van der Waals surface area contributed by atoms with Crippen molar-refractivity contribution in [3.05, 3.63) is 41.3 Å². The molecule has 0 radical (unpaired) electrons. The lowest BCUT2D eigenvalue weighted by atomic mass is 10.2. The van der Waals surface area contributed by atoms with Gasteiger partial charge in [0.15, 0.2) is 11.5 Å². The lowest BCUT2D eigenvalue weighted by molar-refractivity contribution is 0.319. The van der Waals surface area contributed by atoms with E-state index in [-0.39, 0.29) is 0 Å². The predicted octanol–water partition coefficient (Wildman–Crippen LogP) is 4.27. The van der Waals surface area contributed by atoms with Crippen molar-refractivity contribution >= 4 is 11.6 Å². The Hall–Kier alpha value is -1.81. The van der Waals surface area contributed by atoms with Gasteiger partial charge >= 0.3 is 0 Å². The molecule has 20 heavy (non-hydrogen) atoms. The van der Waals surface area contributed by atoms with E-state index in [9.17, 15) is 0 Å². The Balaban J connectivity index is 2.32. The molecule has 0 aliphatic carbocycles. The summed E-state index contributed by atoms with van der Waals surface area (Å²) in [5.74, 6) is 1.80. The fourth-order valence-electron chi connectivity index (χ4n) is 1.84. The Morgan fingerprint density at radius 3 is 2.55 bits per heavy atom. The van der Waals surface area contributed by atoms with Crippen molar-refractivity contribution in [1.29, 1.82) is 0 Å². The van der Waals surface area contributed by atoms with Gasteiger partial charge in [-0.05, 0) is 25.5 Å². The van der Waals surface area contributed by atoms with Crippen LogP contribution in [0.3, 0.4) is 0 Å². The molecule has 0 N–H and O–H groups in total. The van der Waals surface area contributed by atoms with Crippen LogP contribution in [0.5, 0.6) is 17.4 Å². The Bertz CT molecular complexity index is 576. The summed E-state index contributed by atoms with van der Waals surface area (Å²) in [6.07, 6.45) is 3.11. The minimum absolute atomic E-state index is 0.436. The normalized spacial score (nSPS) is 10.3. The maximum absolute atomic E-state index is 6.11. The molecule has 0 aliphatic rings. The average Bonchev–Trinajstić information content (AvgIpc) is 2.45. The van der Waals surface area contributed by atoms with Crippen molar-refractivity contribution in [3.8, 4) is 17.4 Å². The molecule has 0 saturated heterocycles. The van der Waals surface area contributed by atoms with E-state index in [2.05, 4.69) is 16.9 Å². The fourth-order valence-corrected chi connectivity index (χ4v) is 2.06. The average molecular weight is 293 g/mol. The largest absolute Gasteiger partial charge is 0.490 e. The van der Waals surface area contributed by atoms with E-state index in [1.54, 1.807) is 0 Å². The summed E-state index contributed by atoms with van der Waals surface area (Å²) in [5.41, 5.74) is 0.822. The molecular weight excluding hydrogens is 276 g/mol. The zero-order chi connectivity index (χ0) is 14.4. The number of hydrogen-bond donors (Lipinski definition) is 0. The van der Waals surface area contributed by atoms with Gasteiger partial charge in [0.25, 0.3) is 0 Å². The van der Waals surface area contributed by atoms with E-state index in [0.29, 0.717) is 29.1 Å². The van der Waals surface area contributed by atoms with E-state index < -0.39 is 0 Å². The van der Waals surface area contributed by atoms with Crippen molar-refractivity contribution in [1.82, 2.24) is 9.97 Å². The summed E-state index contributed by atoms with van der Waals surface area (Å²) in [6.45, 7) is 4.58. The molecule has 2 rings (SSSR count). The van der Waals surface area contributed by atoms with Crippen LogP contribution >= 0.6 is 11.6 Å². The molecule has 0 unspecified atom stereocenters. The van der Waals surface area contributed by atoms with Gasteiger partial charge < -0.3 is 9.47 Å². The van der Waals surface area contributed by atoms with Gasteiger partial charge in [0.2, 0.25) is 5.88 Å². The summed E-state index contributed by atoms with van der Waals surface area (Å²) in [6, 6.07) is 7.50. The molecule has 106 valence electrons. The van der Waals surface area contributed by atoms with Crippen LogP contribution in [0.2, 0.25) is 5.15 Å². The Kier molecular flexibility index (Phi) is 5.18. The molecule has 0 bridgehead atoms. The third-order valence-corrected chi connectivity index (χ3v) is 3.03. The molecule has 4 nitrogen and oxygen atoms in total. The molecule has 0 aliphatic heterocycles. The maximum atomic E-state index is 6.11. The molecule has 0 spiro atoms. The van der Waals surface area contributed by atoms with Crippen molar-refractivity contribution in [3.63, 3.8) is 0 Å². The Labute approximate surface area is 123 Å². The molecule has 1 aromatic carbocycles. The van der Waals surface area contributed by atoms with Gasteiger partial charge in [-0.2, -0.15) is 0 Å². The Morgan fingerprint density at radius 2 is 1.85 bits per heavy atom. The first-order valence-corrected chi connectivity index (χ1v) is 7.03. The van der Waals surface area contributed by atoms with Gasteiger partial charge in [-0.25, -0.2) is 9.97 Å². The number of hydrogen-bond acceptors (Lipinski definition) is 4. The SMILES string of the molecule is CCCc1c(Cl)ncnc1Oc1ccccc1OCC. The maximum Gasteiger partial charge on any atom is 0.227 e.